The minimum atomic E-state index is 0.596. The Morgan fingerprint density at radius 2 is 1.83 bits per heavy atom. The molecule has 2 N–H and O–H groups in total. The van der Waals surface area contributed by atoms with Crippen molar-refractivity contribution in [2.24, 2.45) is 23.7 Å². The molecule has 1 aromatic rings. The fraction of sp³-hybridized carbons (Fsp3) is 0.789. The van der Waals surface area contributed by atoms with Crippen LogP contribution in [-0.2, 0) is 0 Å². The quantitative estimate of drug-likeness (QED) is 0.890. The van der Waals surface area contributed by atoms with Crippen molar-refractivity contribution in [2.75, 3.05) is 30.4 Å². The van der Waals surface area contributed by atoms with Gasteiger partial charge >= 0.3 is 0 Å². The van der Waals surface area contributed by atoms with Gasteiger partial charge in [0.2, 0.25) is 0 Å². The zero-order valence-electron chi connectivity index (χ0n) is 14.6. The summed E-state index contributed by atoms with van der Waals surface area (Å²) in [6.07, 6.45) is 10.4. The third-order valence-corrected chi connectivity index (χ3v) is 7.14. The molecule has 1 unspecified atom stereocenters. The highest BCUT2D eigenvalue weighted by Crippen LogP contribution is 2.54. The Kier molecular flexibility index (Phi) is 3.65. The molecular formula is C19H29N5. The fourth-order valence-electron chi connectivity index (χ4n) is 6.16. The molecule has 1 atom stereocenters. The predicted octanol–water partition coefficient (Wildman–Crippen LogP) is 2.51. The molecule has 5 heteroatoms. The van der Waals surface area contributed by atoms with Crippen LogP contribution in [0.2, 0.25) is 0 Å². The van der Waals surface area contributed by atoms with Crippen molar-refractivity contribution in [1.82, 2.24) is 15.5 Å². The summed E-state index contributed by atoms with van der Waals surface area (Å²) in [5, 5.41) is 15.9. The maximum atomic E-state index is 4.40. The Balaban J connectivity index is 1.30. The van der Waals surface area contributed by atoms with E-state index in [1.165, 1.54) is 44.2 Å². The lowest BCUT2D eigenvalue weighted by Gasteiger charge is -2.54. The molecule has 0 spiro atoms. The molecule has 4 aliphatic carbocycles. The van der Waals surface area contributed by atoms with Gasteiger partial charge in [0.1, 0.15) is 0 Å². The first-order valence-electron chi connectivity index (χ1n) is 9.80. The summed E-state index contributed by atoms with van der Waals surface area (Å²) in [6, 6.07) is 3.45. The van der Waals surface area contributed by atoms with Crippen LogP contribution in [0.25, 0.3) is 0 Å². The summed E-state index contributed by atoms with van der Waals surface area (Å²) in [6.45, 7) is 2.17. The lowest BCUT2D eigenvalue weighted by atomic mass is 9.54. The number of nitrogens with one attached hydrogen (secondary N) is 2. The van der Waals surface area contributed by atoms with Crippen molar-refractivity contribution in [3.05, 3.63) is 12.3 Å². The van der Waals surface area contributed by atoms with Crippen molar-refractivity contribution in [3.63, 3.8) is 0 Å². The van der Waals surface area contributed by atoms with E-state index in [0.717, 1.165) is 42.6 Å². The van der Waals surface area contributed by atoms with Crippen LogP contribution in [0.5, 0.6) is 0 Å². The van der Waals surface area contributed by atoms with E-state index >= 15 is 0 Å². The second-order valence-corrected chi connectivity index (χ2v) is 8.62. The van der Waals surface area contributed by atoms with E-state index in [2.05, 4.69) is 38.8 Å². The number of hydrogen-bond acceptors (Lipinski definition) is 5. The predicted molar refractivity (Wildman–Crippen MR) is 96.2 cm³/mol. The highest BCUT2D eigenvalue weighted by atomic mass is 15.2. The Bertz CT molecular complexity index is 575. The average molecular weight is 327 g/mol. The molecule has 24 heavy (non-hydrogen) atoms. The molecule has 5 aliphatic rings. The van der Waals surface area contributed by atoms with Crippen LogP contribution in [0.4, 0.5) is 11.5 Å². The monoisotopic (exact) mass is 327 g/mol. The van der Waals surface area contributed by atoms with E-state index in [0.29, 0.717) is 12.1 Å². The highest BCUT2D eigenvalue weighted by molar-refractivity contribution is 5.53. The third kappa shape index (κ3) is 2.57. The third-order valence-electron chi connectivity index (χ3n) is 7.14. The Morgan fingerprint density at radius 1 is 1.08 bits per heavy atom. The van der Waals surface area contributed by atoms with E-state index in [1.54, 1.807) is 0 Å². The van der Waals surface area contributed by atoms with E-state index < -0.39 is 0 Å². The van der Waals surface area contributed by atoms with Gasteiger partial charge < -0.3 is 15.5 Å². The highest BCUT2D eigenvalue weighted by Gasteiger charge is 2.48. The van der Waals surface area contributed by atoms with Gasteiger partial charge in [-0.15, -0.1) is 5.10 Å². The molecule has 1 aromatic heterocycles. The van der Waals surface area contributed by atoms with Gasteiger partial charge in [-0.3, -0.25) is 0 Å². The molecular weight excluding hydrogens is 298 g/mol. The zero-order chi connectivity index (χ0) is 16.1. The number of hydrogen-bond donors (Lipinski definition) is 2. The van der Waals surface area contributed by atoms with Gasteiger partial charge in [-0.25, -0.2) is 0 Å². The van der Waals surface area contributed by atoms with E-state index in [9.17, 15) is 0 Å². The summed E-state index contributed by atoms with van der Waals surface area (Å²) < 4.78 is 0. The van der Waals surface area contributed by atoms with Crippen molar-refractivity contribution in [1.29, 1.82) is 0 Å². The van der Waals surface area contributed by atoms with E-state index in [-0.39, 0.29) is 0 Å². The average Bonchev–Trinajstić information content (AvgIpc) is 3.07. The molecule has 4 bridgehead atoms. The second kappa shape index (κ2) is 5.87. The largest absolute Gasteiger partial charge is 0.369 e. The van der Waals surface area contributed by atoms with Crippen molar-refractivity contribution in [2.45, 2.75) is 50.6 Å². The lowest BCUT2D eigenvalue weighted by molar-refractivity contribution is 0.00739. The Labute approximate surface area is 144 Å². The van der Waals surface area contributed by atoms with E-state index in [4.69, 9.17) is 0 Å². The van der Waals surface area contributed by atoms with Crippen molar-refractivity contribution in [3.8, 4) is 0 Å². The molecule has 0 radical (unpaired) electrons. The summed E-state index contributed by atoms with van der Waals surface area (Å²) in [7, 11) is 2.05. The maximum absolute atomic E-state index is 4.40. The molecule has 0 amide bonds. The Hall–Kier alpha value is -1.36. The summed E-state index contributed by atoms with van der Waals surface area (Å²) >= 11 is 0. The van der Waals surface area contributed by atoms with Gasteiger partial charge in [0.15, 0.2) is 5.82 Å². The first kappa shape index (κ1) is 14.9. The molecule has 1 saturated heterocycles. The number of likely N-dealkylation sites (N-methyl/N-ethyl adjacent to an activating group) is 1. The first-order chi connectivity index (χ1) is 11.8. The van der Waals surface area contributed by atoms with E-state index in [1.807, 2.05) is 6.20 Å². The summed E-state index contributed by atoms with van der Waals surface area (Å²) in [5.74, 6) is 4.76. The SMILES string of the molecule is CNC1CCN(c2cnnc(NC3C4CC5CC(C4)CC3C5)c2)C1. The smallest absolute Gasteiger partial charge is 0.150 e. The van der Waals surface area contributed by atoms with Crippen LogP contribution >= 0.6 is 0 Å². The molecule has 4 saturated carbocycles. The van der Waals surface area contributed by atoms with Gasteiger partial charge in [-0.05, 0) is 69.2 Å². The van der Waals surface area contributed by atoms with Crippen LogP contribution in [0.1, 0.15) is 38.5 Å². The minimum Gasteiger partial charge on any atom is -0.369 e. The van der Waals surface area contributed by atoms with Crippen LogP contribution in [-0.4, -0.2) is 42.4 Å². The van der Waals surface area contributed by atoms with Gasteiger partial charge in [-0.1, -0.05) is 0 Å². The minimum absolute atomic E-state index is 0.596. The normalized spacial score (nSPS) is 40.3. The van der Waals surface area contributed by atoms with Crippen molar-refractivity contribution >= 4 is 11.5 Å². The first-order valence-corrected chi connectivity index (χ1v) is 9.80. The zero-order valence-corrected chi connectivity index (χ0v) is 14.6. The molecule has 2 heterocycles. The molecule has 1 aliphatic heterocycles. The van der Waals surface area contributed by atoms with Crippen LogP contribution in [0.15, 0.2) is 12.3 Å². The van der Waals surface area contributed by atoms with Gasteiger partial charge in [0, 0.05) is 31.2 Å². The van der Waals surface area contributed by atoms with Gasteiger partial charge in [0.25, 0.3) is 0 Å². The standard InChI is InChI=1S/C19H29N5/c1-20-16-2-3-24(11-16)17-9-18(23-21-10-17)22-19-14-5-12-4-13(7-14)8-15(19)6-12/h9-10,12-16,19-20H,2-8,11H2,1H3,(H,22,23). The van der Waals surface area contributed by atoms with Crippen LogP contribution in [0.3, 0.4) is 0 Å². The molecule has 130 valence electrons. The number of rotatable bonds is 4. The fourth-order valence-corrected chi connectivity index (χ4v) is 6.16. The molecule has 5 nitrogen and oxygen atoms in total. The van der Waals surface area contributed by atoms with Crippen LogP contribution in [0, 0.1) is 23.7 Å². The number of nitrogens with zero attached hydrogens (tertiary/aromatic N) is 3. The second-order valence-electron chi connectivity index (χ2n) is 8.62. The van der Waals surface area contributed by atoms with Gasteiger partial charge in [-0.2, -0.15) is 5.10 Å². The maximum Gasteiger partial charge on any atom is 0.150 e. The number of aromatic nitrogens is 2. The lowest BCUT2D eigenvalue weighted by Crippen LogP contribution is -2.51. The summed E-state index contributed by atoms with van der Waals surface area (Å²) in [4.78, 5) is 2.43. The Morgan fingerprint density at radius 3 is 2.50 bits per heavy atom. The summed E-state index contributed by atoms with van der Waals surface area (Å²) in [5.41, 5.74) is 1.22. The van der Waals surface area contributed by atoms with Crippen molar-refractivity contribution < 1.29 is 0 Å². The number of anilines is 2. The topological polar surface area (TPSA) is 53.1 Å². The molecule has 5 fully saturated rings. The van der Waals surface area contributed by atoms with Gasteiger partial charge in [0.05, 0.1) is 11.9 Å². The molecule has 6 rings (SSSR count). The molecule has 0 aromatic carbocycles. The van der Waals surface area contributed by atoms with Crippen LogP contribution < -0.4 is 15.5 Å².